The average molecular weight is 675 g/mol. The Balaban J connectivity index is 1.43. The summed E-state index contributed by atoms with van der Waals surface area (Å²) >= 11 is 0. The highest BCUT2D eigenvalue weighted by Crippen LogP contribution is 2.33. The quantitative estimate of drug-likeness (QED) is 0.0967. The zero-order valence-corrected chi connectivity index (χ0v) is 25.5. The second-order valence-corrected chi connectivity index (χ2v) is 12.0. The molecule has 0 saturated carbocycles. The Bertz CT molecular complexity index is 940. The summed E-state index contributed by atoms with van der Waals surface area (Å²) in [6.45, 7) is -0.875. The molecule has 8 unspecified atom stereocenters. The normalized spacial score (nSPS) is 52.0. The van der Waals surface area contributed by atoms with E-state index in [-0.39, 0.29) is 0 Å². The molecule has 4 saturated heterocycles. The molecule has 16 N–H and O–H groups in total. The predicted molar refractivity (Wildman–Crippen MR) is 150 cm³/mol. The number of aliphatic hydroxyl groups excluding tert-OH is 8. The maximum atomic E-state index is 11.1. The lowest BCUT2D eigenvalue weighted by Gasteiger charge is -2.49. The molecule has 0 bridgehead atoms. The van der Waals surface area contributed by atoms with Gasteiger partial charge in [-0.25, -0.2) is 0 Å². The van der Waals surface area contributed by atoms with Gasteiger partial charge >= 0.3 is 0 Å². The van der Waals surface area contributed by atoms with Crippen molar-refractivity contribution in [2.75, 3.05) is 33.5 Å². The summed E-state index contributed by atoms with van der Waals surface area (Å²) in [6.07, 6.45) is -20.2. The van der Waals surface area contributed by atoms with E-state index < -0.39 is 149 Å². The first-order valence-corrected chi connectivity index (χ1v) is 15.1. The van der Waals surface area contributed by atoms with E-state index in [4.69, 9.17) is 60.8 Å². The average Bonchev–Trinajstić information content (AvgIpc) is 3.05. The molecule has 0 spiro atoms. The Kier molecular flexibility index (Phi) is 13.4. The van der Waals surface area contributed by atoms with Gasteiger partial charge in [-0.2, -0.15) is 0 Å². The van der Waals surface area contributed by atoms with Crippen LogP contribution < -0.4 is 22.9 Å². The van der Waals surface area contributed by atoms with E-state index in [1.165, 1.54) is 7.11 Å². The van der Waals surface area contributed by atoms with Crippen LogP contribution in [-0.2, 0) is 37.9 Å². The Morgan fingerprint density at radius 2 is 0.761 bits per heavy atom. The van der Waals surface area contributed by atoms with Gasteiger partial charge in [-0.1, -0.05) is 0 Å². The molecule has 20 nitrogen and oxygen atoms in total. The SMILES string of the molecule is CO[C@H]1C(CO)O[C@@H](O[C@H]2C(CO)O[C@@H](O[C@H]3C(CO)O[C@@H](O[C@H]4C(CO)O[C@@H](C)C(N)[C@H]4O)C(N)[C@H]3O)C(N)[C@H]2O)C(N)[C@H]1O. The molecule has 0 aromatic heterocycles. The minimum atomic E-state index is -1.59. The smallest absolute Gasteiger partial charge is 0.176 e. The minimum absolute atomic E-state index is 0.524. The number of hydrogen-bond acceptors (Lipinski definition) is 20. The molecule has 0 amide bonds. The second-order valence-electron chi connectivity index (χ2n) is 12.0. The molecule has 0 radical (unpaired) electrons. The van der Waals surface area contributed by atoms with Gasteiger partial charge in [0, 0.05) is 7.11 Å². The summed E-state index contributed by atoms with van der Waals surface area (Å²) in [4.78, 5) is 0. The van der Waals surface area contributed by atoms with Crippen LogP contribution in [0.15, 0.2) is 0 Å². The molecule has 46 heavy (non-hydrogen) atoms. The van der Waals surface area contributed by atoms with E-state index in [0.29, 0.717) is 0 Å². The fraction of sp³-hybridized carbons (Fsp3) is 1.00. The van der Waals surface area contributed by atoms with Gasteiger partial charge in [-0.15, -0.1) is 0 Å². The maximum absolute atomic E-state index is 11.1. The summed E-state index contributed by atoms with van der Waals surface area (Å²) in [5.41, 5.74) is 24.5. The third-order valence-corrected chi connectivity index (χ3v) is 9.06. The molecule has 0 aromatic carbocycles. The number of nitrogens with two attached hydrogens (primary N) is 4. The first-order chi connectivity index (χ1) is 21.8. The van der Waals surface area contributed by atoms with Gasteiger partial charge in [0.1, 0.15) is 73.2 Å². The molecule has 4 fully saturated rings. The first-order valence-electron chi connectivity index (χ1n) is 15.1. The van der Waals surface area contributed by atoms with Crippen LogP contribution in [0.3, 0.4) is 0 Å². The Morgan fingerprint density at radius 3 is 1.09 bits per heavy atom. The third kappa shape index (κ3) is 7.51. The van der Waals surface area contributed by atoms with Gasteiger partial charge in [-0.3, -0.25) is 0 Å². The summed E-state index contributed by atoms with van der Waals surface area (Å²) in [7, 11) is 1.31. The Hall–Kier alpha value is -0.800. The van der Waals surface area contributed by atoms with Gasteiger partial charge in [0.05, 0.1) is 56.7 Å². The van der Waals surface area contributed by atoms with Crippen LogP contribution in [0, 0.1) is 0 Å². The van der Waals surface area contributed by atoms with Gasteiger partial charge in [0.15, 0.2) is 18.9 Å². The zero-order valence-electron chi connectivity index (χ0n) is 25.5. The number of aliphatic hydroxyl groups is 8. The van der Waals surface area contributed by atoms with Crippen molar-refractivity contribution in [3.8, 4) is 0 Å². The van der Waals surface area contributed by atoms with Crippen LogP contribution in [0.25, 0.3) is 0 Å². The van der Waals surface area contributed by atoms with Crippen LogP contribution >= 0.6 is 0 Å². The van der Waals surface area contributed by atoms with Crippen molar-refractivity contribution in [1.29, 1.82) is 0 Å². The molecule has 0 aromatic rings. The standard InChI is InChI=1S/C26H50N4O16/c1-7-12(27)16(35)21(9(4-32)40-7)44-25-14(29)18(37)23(11(6-34)42-25)46-26-15(30)19(38)22(10(5-33)43-26)45-24-13(28)17(36)20(39-2)8(3-31)41-24/h7-26,31-38H,3-6,27-30H2,1-2H3/t7-,8?,9?,10?,11?,12?,13?,14?,15?,16+,17+,18+,19+,20-,21-,22-,23-,24-,25-,26-/m0/s1. The van der Waals surface area contributed by atoms with E-state index in [1.807, 2.05) is 0 Å². The fourth-order valence-corrected chi connectivity index (χ4v) is 6.20. The van der Waals surface area contributed by atoms with E-state index in [1.54, 1.807) is 6.92 Å². The van der Waals surface area contributed by atoms with Crippen LogP contribution in [0.5, 0.6) is 0 Å². The molecule has 4 aliphatic heterocycles. The van der Waals surface area contributed by atoms with Crippen LogP contribution in [0.1, 0.15) is 6.92 Å². The third-order valence-electron chi connectivity index (χ3n) is 9.06. The van der Waals surface area contributed by atoms with Crippen LogP contribution in [0.2, 0.25) is 0 Å². The monoisotopic (exact) mass is 674 g/mol. The molecule has 270 valence electrons. The molecule has 4 rings (SSSR count). The summed E-state index contributed by atoms with van der Waals surface area (Å²) in [6, 6.07) is -4.77. The van der Waals surface area contributed by atoms with E-state index >= 15 is 0 Å². The highest BCUT2D eigenvalue weighted by atomic mass is 16.8. The van der Waals surface area contributed by atoms with E-state index in [2.05, 4.69) is 0 Å². The van der Waals surface area contributed by atoms with Gasteiger partial charge in [-0.05, 0) is 6.92 Å². The zero-order chi connectivity index (χ0) is 34.0. The van der Waals surface area contributed by atoms with E-state index in [9.17, 15) is 40.9 Å². The largest absolute Gasteiger partial charge is 0.394 e. The van der Waals surface area contributed by atoms with Gasteiger partial charge in [0.2, 0.25) is 0 Å². The van der Waals surface area contributed by atoms with Crippen molar-refractivity contribution in [2.24, 2.45) is 22.9 Å². The molecule has 20 heteroatoms. The van der Waals surface area contributed by atoms with Gasteiger partial charge < -0.3 is 102 Å². The highest BCUT2D eigenvalue weighted by molar-refractivity contribution is 5.00. The topological polar surface area (TPSA) is 340 Å². The van der Waals surface area contributed by atoms with Crippen molar-refractivity contribution < 1.29 is 78.7 Å². The maximum Gasteiger partial charge on any atom is 0.176 e. The molecular weight excluding hydrogens is 624 g/mol. The van der Waals surface area contributed by atoms with Crippen LogP contribution in [-0.4, -0.2) is 197 Å². The molecule has 0 aliphatic carbocycles. The second kappa shape index (κ2) is 16.3. The van der Waals surface area contributed by atoms with Gasteiger partial charge in [0.25, 0.3) is 0 Å². The first kappa shape index (κ1) is 38.0. The number of hydrogen-bond donors (Lipinski definition) is 12. The highest BCUT2D eigenvalue weighted by Gasteiger charge is 2.54. The lowest BCUT2D eigenvalue weighted by atomic mass is 9.93. The number of ether oxygens (including phenoxy) is 8. The fourth-order valence-electron chi connectivity index (χ4n) is 6.20. The number of rotatable bonds is 11. The molecule has 4 aliphatic rings. The van der Waals surface area contributed by atoms with Crippen molar-refractivity contribution in [1.82, 2.24) is 0 Å². The van der Waals surface area contributed by atoms with E-state index in [0.717, 1.165) is 0 Å². The Labute approximate surface area is 264 Å². The summed E-state index contributed by atoms with van der Waals surface area (Å²) < 4.78 is 45.5. The molecule has 4 heterocycles. The summed E-state index contributed by atoms with van der Waals surface area (Å²) in [5, 5.41) is 83.1. The van der Waals surface area contributed by atoms with Crippen molar-refractivity contribution >= 4 is 0 Å². The van der Waals surface area contributed by atoms with Crippen molar-refractivity contribution in [3.63, 3.8) is 0 Å². The summed E-state index contributed by atoms with van der Waals surface area (Å²) in [5.74, 6) is 0. The molecular formula is C26H50N4O16. The minimum Gasteiger partial charge on any atom is -0.394 e. The lowest BCUT2D eigenvalue weighted by molar-refractivity contribution is -0.356. The Morgan fingerprint density at radius 1 is 0.478 bits per heavy atom. The molecule has 20 atom stereocenters. The van der Waals surface area contributed by atoms with Crippen molar-refractivity contribution in [3.05, 3.63) is 0 Å². The number of methoxy groups -OCH3 is 1. The lowest BCUT2D eigenvalue weighted by Crippen LogP contribution is -2.70. The van der Waals surface area contributed by atoms with Crippen molar-refractivity contribution in [2.45, 2.75) is 129 Å². The van der Waals surface area contributed by atoms with Crippen LogP contribution in [0.4, 0.5) is 0 Å². The predicted octanol–water partition coefficient (Wildman–Crippen LogP) is -8.16.